The first-order valence-electron chi connectivity index (χ1n) is 10.3. The Morgan fingerprint density at radius 2 is 1.93 bits per heavy atom. The van der Waals surface area contributed by atoms with Crippen LogP contribution >= 0.6 is 0 Å². The number of carbonyl (C=O) groups is 2. The maximum absolute atomic E-state index is 12.8. The zero-order chi connectivity index (χ0) is 20.3. The van der Waals surface area contributed by atoms with Crippen LogP contribution in [0.5, 0.6) is 0 Å². The average Bonchev–Trinajstić information content (AvgIpc) is 3.04. The topological polar surface area (TPSA) is 53.5 Å². The molecule has 29 heavy (non-hydrogen) atoms. The number of piperidine rings is 1. The number of carbonyl (C=O) groups excluding carboxylic acids is 2. The monoisotopic (exact) mass is 389 g/mol. The predicted molar refractivity (Wildman–Crippen MR) is 113 cm³/mol. The molecule has 0 N–H and O–H groups in total. The maximum Gasteiger partial charge on any atom is 0.255 e. The van der Waals surface area contributed by atoms with Crippen molar-refractivity contribution < 1.29 is 9.59 Å². The fourth-order valence-electron chi connectivity index (χ4n) is 4.41. The van der Waals surface area contributed by atoms with Gasteiger partial charge in [-0.05, 0) is 37.0 Å². The lowest BCUT2D eigenvalue weighted by Gasteiger charge is -2.38. The molecule has 150 valence electrons. The van der Waals surface area contributed by atoms with Gasteiger partial charge in [0.2, 0.25) is 5.91 Å². The molecule has 2 fully saturated rings. The van der Waals surface area contributed by atoms with Gasteiger partial charge < -0.3 is 9.80 Å². The second kappa shape index (κ2) is 8.19. The minimum absolute atomic E-state index is 0.0123. The van der Waals surface area contributed by atoms with E-state index in [0.29, 0.717) is 31.6 Å². The second-order valence-corrected chi connectivity index (χ2v) is 8.25. The highest BCUT2D eigenvalue weighted by molar-refractivity contribution is 5.95. The summed E-state index contributed by atoms with van der Waals surface area (Å²) in [5, 5.41) is 0. The molecule has 5 heteroatoms. The van der Waals surface area contributed by atoms with Crippen LogP contribution in [0.3, 0.4) is 0 Å². The number of hydrogen-bond acceptors (Lipinski definition) is 3. The fraction of sp³-hybridized carbons (Fsp3) is 0.375. The molecule has 4 rings (SSSR count). The van der Waals surface area contributed by atoms with Crippen molar-refractivity contribution in [1.82, 2.24) is 14.8 Å². The van der Waals surface area contributed by atoms with Crippen molar-refractivity contribution in [3.05, 3.63) is 71.6 Å². The molecule has 2 aliphatic heterocycles. The maximum atomic E-state index is 12.8. The number of aryl methyl sites for hydroxylation is 1. The van der Waals surface area contributed by atoms with Gasteiger partial charge >= 0.3 is 0 Å². The van der Waals surface area contributed by atoms with Gasteiger partial charge in [0.25, 0.3) is 5.91 Å². The van der Waals surface area contributed by atoms with Gasteiger partial charge in [0.15, 0.2) is 0 Å². The minimum atomic E-state index is 0.0123. The van der Waals surface area contributed by atoms with E-state index in [9.17, 15) is 9.59 Å². The average molecular weight is 389 g/mol. The third-order valence-corrected chi connectivity index (χ3v) is 6.22. The summed E-state index contributed by atoms with van der Waals surface area (Å²) in [5.74, 6) is 0.281. The van der Waals surface area contributed by atoms with E-state index in [1.807, 2.05) is 41.0 Å². The van der Waals surface area contributed by atoms with Gasteiger partial charge in [-0.25, -0.2) is 0 Å². The van der Waals surface area contributed by atoms with E-state index in [0.717, 1.165) is 30.5 Å². The summed E-state index contributed by atoms with van der Waals surface area (Å²) in [6, 6.07) is 12.0. The zero-order valence-corrected chi connectivity index (χ0v) is 16.9. The van der Waals surface area contributed by atoms with Crippen molar-refractivity contribution in [2.45, 2.75) is 26.2 Å². The van der Waals surface area contributed by atoms with Crippen molar-refractivity contribution in [1.29, 1.82) is 0 Å². The van der Waals surface area contributed by atoms with Gasteiger partial charge in [-0.1, -0.05) is 42.5 Å². The Balaban J connectivity index is 1.34. The molecule has 2 aromatic rings. The van der Waals surface area contributed by atoms with E-state index < -0.39 is 0 Å². The van der Waals surface area contributed by atoms with Crippen LogP contribution in [0.15, 0.2) is 54.9 Å². The molecule has 0 bridgehead atoms. The number of benzene rings is 1. The molecule has 1 aromatic heterocycles. The van der Waals surface area contributed by atoms with Crippen molar-refractivity contribution in [3.63, 3.8) is 0 Å². The molecule has 0 unspecified atom stereocenters. The number of rotatable bonds is 4. The highest BCUT2D eigenvalue weighted by atomic mass is 16.2. The minimum Gasteiger partial charge on any atom is -0.339 e. The molecular weight excluding hydrogens is 362 g/mol. The molecule has 3 heterocycles. The van der Waals surface area contributed by atoms with Crippen LogP contribution in [0.2, 0.25) is 0 Å². The van der Waals surface area contributed by atoms with Crippen LogP contribution in [-0.4, -0.2) is 52.8 Å². The molecule has 0 atom stereocenters. The third-order valence-electron chi connectivity index (χ3n) is 6.22. The van der Waals surface area contributed by atoms with Crippen molar-refractivity contribution in [2.24, 2.45) is 5.41 Å². The largest absolute Gasteiger partial charge is 0.339 e. The number of pyridine rings is 1. The zero-order valence-electron chi connectivity index (χ0n) is 16.9. The fourth-order valence-corrected chi connectivity index (χ4v) is 4.41. The smallest absolute Gasteiger partial charge is 0.255 e. The Labute approximate surface area is 172 Å². The molecule has 2 aliphatic rings. The first-order valence-corrected chi connectivity index (χ1v) is 10.3. The number of nitrogens with zero attached hydrogens (tertiary/aromatic N) is 3. The van der Waals surface area contributed by atoms with Crippen LogP contribution in [0.4, 0.5) is 0 Å². The highest BCUT2D eigenvalue weighted by Gasteiger charge is 2.45. The molecule has 2 saturated heterocycles. The normalized spacial score (nSPS) is 18.7. The quantitative estimate of drug-likeness (QED) is 0.803. The summed E-state index contributed by atoms with van der Waals surface area (Å²) in [4.78, 5) is 33.4. The standard InChI is InChI=1S/C24H27N3O2/c1-19-9-12-25-17-21(19)23(29)26-14-10-24(11-15-26)16-22(28)27(18-24)13-5-8-20-6-3-2-4-7-20/h2-9,12,17H,10-11,13-16,18H2,1H3/b8-5+. The summed E-state index contributed by atoms with van der Waals surface area (Å²) < 4.78 is 0. The Morgan fingerprint density at radius 3 is 2.66 bits per heavy atom. The molecular formula is C24H27N3O2. The lowest BCUT2D eigenvalue weighted by molar-refractivity contribution is -0.127. The first-order chi connectivity index (χ1) is 14.1. The molecule has 1 spiro atoms. The van der Waals surface area contributed by atoms with Gasteiger partial charge in [0, 0.05) is 50.4 Å². The highest BCUT2D eigenvalue weighted by Crippen LogP contribution is 2.41. The van der Waals surface area contributed by atoms with E-state index >= 15 is 0 Å². The first kappa shape index (κ1) is 19.4. The van der Waals surface area contributed by atoms with Crippen LogP contribution in [0.25, 0.3) is 6.08 Å². The van der Waals surface area contributed by atoms with Gasteiger partial charge in [-0.3, -0.25) is 14.6 Å². The van der Waals surface area contributed by atoms with Gasteiger partial charge in [0.05, 0.1) is 5.56 Å². The van der Waals surface area contributed by atoms with E-state index in [-0.39, 0.29) is 17.2 Å². The number of amides is 2. The summed E-state index contributed by atoms with van der Waals surface area (Å²) in [5.41, 5.74) is 2.79. The van der Waals surface area contributed by atoms with Crippen LogP contribution in [-0.2, 0) is 4.79 Å². The van der Waals surface area contributed by atoms with Crippen molar-refractivity contribution >= 4 is 17.9 Å². The van der Waals surface area contributed by atoms with Crippen LogP contribution in [0, 0.1) is 12.3 Å². The van der Waals surface area contributed by atoms with Crippen molar-refractivity contribution in [3.8, 4) is 0 Å². The van der Waals surface area contributed by atoms with Gasteiger partial charge in [0.1, 0.15) is 0 Å². The number of aromatic nitrogens is 1. The molecule has 1 aromatic carbocycles. The van der Waals surface area contributed by atoms with Crippen molar-refractivity contribution in [2.75, 3.05) is 26.2 Å². The summed E-state index contributed by atoms with van der Waals surface area (Å²) >= 11 is 0. The van der Waals surface area contributed by atoms with E-state index in [1.54, 1.807) is 12.4 Å². The Kier molecular flexibility index (Phi) is 5.47. The lowest BCUT2D eigenvalue weighted by Crippen LogP contribution is -2.44. The summed E-state index contributed by atoms with van der Waals surface area (Å²) in [7, 11) is 0. The number of hydrogen-bond donors (Lipinski definition) is 0. The summed E-state index contributed by atoms with van der Waals surface area (Å²) in [6.45, 7) is 4.78. The Bertz CT molecular complexity index is 915. The number of likely N-dealkylation sites (tertiary alicyclic amines) is 2. The Morgan fingerprint density at radius 1 is 1.17 bits per heavy atom. The van der Waals surface area contributed by atoms with E-state index in [2.05, 4.69) is 29.3 Å². The van der Waals surface area contributed by atoms with E-state index in [1.165, 1.54) is 0 Å². The molecule has 5 nitrogen and oxygen atoms in total. The lowest BCUT2D eigenvalue weighted by atomic mass is 9.77. The van der Waals surface area contributed by atoms with Crippen LogP contribution in [0.1, 0.15) is 40.7 Å². The van der Waals surface area contributed by atoms with Gasteiger partial charge in [-0.15, -0.1) is 0 Å². The SMILES string of the molecule is Cc1ccncc1C(=O)N1CCC2(CC1)CC(=O)N(C/C=C/c1ccccc1)C2. The Hall–Kier alpha value is -2.95. The van der Waals surface area contributed by atoms with Crippen LogP contribution < -0.4 is 0 Å². The molecule has 2 amide bonds. The second-order valence-electron chi connectivity index (χ2n) is 8.25. The third kappa shape index (κ3) is 4.24. The van der Waals surface area contributed by atoms with E-state index in [4.69, 9.17) is 0 Å². The van der Waals surface area contributed by atoms with Gasteiger partial charge in [-0.2, -0.15) is 0 Å². The molecule has 0 radical (unpaired) electrons. The summed E-state index contributed by atoms with van der Waals surface area (Å²) in [6.07, 6.45) is 9.85. The predicted octanol–water partition coefficient (Wildman–Crippen LogP) is 3.56. The molecule has 0 saturated carbocycles. The molecule has 0 aliphatic carbocycles.